The number of benzene rings is 2. The van der Waals surface area contributed by atoms with Crippen LogP contribution in [0.1, 0.15) is 21.5 Å². The Morgan fingerprint density at radius 1 is 1.05 bits per heavy atom. The third kappa shape index (κ3) is 3.45. The van der Waals surface area contributed by atoms with E-state index in [-0.39, 0.29) is 5.91 Å². The van der Waals surface area contributed by atoms with E-state index < -0.39 is 0 Å². The van der Waals surface area contributed by atoms with E-state index >= 15 is 0 Å². The largest absolute Gasteiger partial charge is 0.348 e. The smallest absolute Gasteiger partial charge is 0.251 e. The summed E-state index contributed by atoms with van der Waals surface area (Å²) in [6.45, 7) is 2.43. The standard InChI is InChI=1S/C15H13Br2NO/c1-10-12(6-4-8-13(10)16)15(19)18-9-11-5-2-3-7-14(11)17/h2-8H,9H2,1H3,(H,18,19). The molecule has 2 nitrogen and oxygen atoms in total. The molecule has 0 bridgehead atoms. The van der Waals surface area contributed by atoms with Gasteiger partial charge in [0.2, 0.25) is 0 Å². The van der Waals surface area contributed by atoms with Crippen molar-refractivity contribution in [3.63, 3.8) is 0 Å². The number of halogens is 2. The van der Waals surface area contributed by atoms with Crippen molar-refractivity contribution in [2.45, 2.75) is 13.5 Å². The minimum atomic E-state index is -0.0606. The Hall–Kier alpha value is -1.13. The third-order valence-electron chi connectivity index (χ3n) is 2.91. The second kappa shape index (κ2) is 6.35. The minimum absolute atomic E-state index is 0.0606. The highest BCUT2D eigenvalue weighted by Gasteiger charge is 2.10. The van der Waals surface area contributed by atoms with Crippen LogP contribution in [0.3, 0.4) is 0 Å². The van der Waals surface area contributed by atoms with E-state index in [1.54, 1.807) is 0 Å². The Morgan fingerprint density at radius 2 is 1.74 bits per heavy atom. The predicted molar refractivity (Wildman–Crippen MR) is 84.2 cm³/mol. The van der Waals surface area contributed by atoms with Crippen LogP contribution >= 0.6 is 31.9 Å². The van der Waals surface area contributed by atoms with Gasteiger partial charge < -0.3 is 5.32 Å². The van der Waals surface area contributed by atoms with Gasteiger partial charge in [0.05, 0.1) is 0 Å². The molecule has 19 heavy (non-hydrogen) atoms. The van der Waals surface area contributed by atoms with Gasteiger partial charge >= 0.3 is 0 Å². The molecule has 1 amide bonds. The Kier molecular flexibility index (Phi) is 4.77. The van der Waals surface area contributed by atoms with Crippen LogP contribution in [0.15, 0.2) is 51.4 Å². The molecule has 4 heteroatoms. The molecule has 98 valence electrons. The lowest BCUT2D eigenvalue weighted by atomic mass is 10.1. The van der Waals surface area contributed by atoms with E-state index in [2.05, 4.69) is 37.2 Å². The van der Waals surface area contributed by atoms with Gasteiger partial charge in [-0.05, 0) is 36.2 Å². The molecular formula is C15H13Br2NO. The Balaban J connectivity index is 2.10. The summed E-state index contributed by atoms with van der Waals surface area (Å²) in [5.74, 6) is -0.0606. The molecule has 0 saturated carbocycles. The average Bonchev–Trinajstić information content (AvgIpc) is 2.40. The molecule has 0 radical (unpaired) electrons. The first-order chi connectivity index (χ1) is 9.09. The van der Waals surface area contributed by atoms with Crippen molar-refractivity contribution in [1.29, 1.82) is 0 Å². The SMILES string of the molecule is Cc1c(Br)cccc1C(=O)NCc1ccccc1Br. The van der Waals surface area contributed by atoms with E-state index in [4.69, 9.17) is 0 Å². The predicted octanol–water partition coefficient (Wildman–Crippen LogP) is 4.45. The van der Waals surface area contributed by atoms with Gasteiger partial charge in [0, 0.05) is 21.1 Å². The van der Waals surface area contributed by atoms with E-state index in [1.165, 1.54) is 0 Å². The summed E-state index contributed by atoms with van der Waals surface area (Å²) in [5, 5.41) is 2.93. The van der Waals surface area contributed by atoms with Crippen LogP contribution < -0.4 is 5.32 Å². The molecule has 0 aliphatic heterocycles. The van der Waals surface area contributed by atoms with Crippen LogP contribution in [0.4, 0.5) is 0 Å². The average molecular weight is 383 g/mol. The maximum absolute atomic E-state index is 12.2. The van der Waals surface area contributed by atoms with Gasteiger partial charge in [-0.1, -0.05) is 56.1 Å². The highest BCUT2D eigenvalue weighted by molar-refractivity contribution is 9.10. The van der Waals surface area contributed by atoms with Gasteiger partial charge in [0.1, 0.15) is 0 Å². The molecule has 0 aliphatic rings. The Morgan fingerprint density at radius 3 is 2.47 bits per heavy atom. The van der Waals surface area contributed by atoms with Crippen molar-refractivity contribution >= 4 is 37.8 Å². The van der Waals surface area contributed by atoms with Crippen molar-refractivity contribution in [2.75, 3.05) is 0 Å². The summed E-state index contributed by atoms with van der Waals surface area (Å²) in [7, 11) is 0. The zero-order chi connectivity index (χ0) is 13.8. The Labute approximate surface area is 129 Å². The monoisotopic (exact) mass is 381 g/mol. The van der Waals surface area contributed by atoms with Gasteiger partial charge in [-0.15, -0.1) is 0 Å². The maximum atomic E-state index is 12.2. The van der Waals surface area contributed by atoms with Gasteiger partial charge in [0.15, 0.2) is 0 Å². The number of amides is 1. The summed E-state index contributed by atoms with van der Waals surface area (Å²) in [6, 6.07) is 13.5. The first-order valence-corrected chi connectivity index (χ1v) is 7.45. The number of hydrogen-bond acceptors (Lipinski definition) is 1. The van der Waals surface area contributed by atoms with Gasteiger partial charge in [0.25, 0.3) is 5.91 Å². The highest BCUT2D eigenvalue weighted by Crippen LogP contribution is 2.20. The molecule has 2 aromatic rings. The highest BCUT2D eigenvalue weighted by atomic mass is 79.9. The van der Waals surface area contributed by atoms with Crippen molar-refractivity contribution in [1.82, 2.24) is 5.32 Å². The number of hydrogen-bond donors (Lipinski definition) is 1. The van der Waals surface area contributed by atoms with Crippen LogP contribution in [0, 0.1) is 6.92 Å². The number of rotatable bonds is 3. The van der Waals surface area contributed by atoms with E-state index in [0.717, 1.165) is 20.1 Å². The van der Waals surface area contributed by atoms with Crippen LogP contribution in [-0.2, 0) is 6.54 Å². The van der Waals surface area contributed by atoms with Gasteiger partial charge in [-0.3, -0.25) is 4.79 Å². The normalized spacial score (nSPS) is 10.3. The summed E-state index contributed by atoms with van der Waals surface area (Å²) in [6.07, 6.45) is 0. The van der Waals surface area contributed by atoms with Crippen molar-refractivity contribution in [2.24, 2.45) is 0 Å². The summed E-state index contributed by atoms with van der Waals surface area (Å²) in [5.41, 5.74) is 2.71. The third-order valence-corrected chi connectivity index (χ3v) is 4.54. The Bertz CT molecular complexity index is 611. The molecule has 0 aliphatic carbocycles. The number of carbonyl (C=O) groups excluding carboxylic acids is 1. The molecule has 0 spiro atoms. The lowest BCUT2D eigenvalue weighted by molar-refractivity contribution is 0.0950. The van der Waals surface area contributed by atoms with Gasteiger partial charge in [-0.2, -0.15) is 0 Å². The molecule has 2 rings (SSSR count). The van der Waals surface area contributed by atoms with Crippen LogP contribution in [0.2, 0.25) is 0 Å². The van der Waals surface area contributed by atoms with Crippen LogP contribution in [0.25, 0.3) is 0 Å². The van der Waals surface area contributed by atoms with Gasteiger partial charge in [-0.25, -0.2) is 0 Å². The summed E-state index contributed by atoms with van der Waals surface area (Å²) < 4.78 is 1.95. The van der Waals surface area contributed by atoms with Crippen molar-refractivity contribution < 1.29 is 4.79 Å². The fourth-order valence-corrected chi connectivity index (χ4v) is 2.56. The molecule has 0 heterocycles. The summed E-state index contributed by atoms with van der Waals surface area (Å²) in [4.78, 5) is 12.2. The van der Waals surface area contributed by atoms with Crippen molar-refractivity contribution in [3.05, 3.63) is 68.1 Å². The second-order valence-electron chi connectivity index (χ2n) is 4.19. The first kappa shape index (κ1) is 14.3. The summed E-state index contributed by atoms with van der Waals surface area (Å²) >= 11 is 6.90. The van der Waals surface area contributed by atoms with E-state index in [0.29, 0.717) is 12.1 Å². The molecule has 0 unspecified atom stereocenters. The molecule has 0 saturated heterocycles. The molecule has 2 aromatic carbocycles. The van der Waals surface area contributed by atoms with E-state index in [9.17, 15) is 4.79 Å². The molecule has 1 N–H and O–H groups in total. The quantitative estimate of drug-likeness (QED) is 0.834. The number of nitrogens with one attached hydrogen (secondary N) is 1. The van der Waals surface area contributed by atoms with Crippen molar-refractivity contribution in [3.8, 4) is 0 Å². The zero-order valence-electron chi connectivity index (χ0n) is 10.4. The fourth-order valence-electron chi connectivity index (χ4n) is 1.77. The second-order valence-corrected chi connectivity index (χ2v) is 5.90. The maximum Gasteiger partial charge on any atom is 0.251 e. The fraction of sp³-hybridized carbons (Fsp3) is 0.133. The van der Waals surface area contributed by atoms with Crippen LogP contribution in [-0.4, -0.2) is 5.91 Å². The first-order valence-electron chi connectivity index (χ1n) is 5.86. The molecule has 0 atom stereocenters. The topological polar surface area (TPSA) is 29.1 Å². The molecular weight excluding hydrogens is 370 g/mol. The molecule has 0 fully saturated rings. The lowest BCUT2D eigenvalue weighted by Crippen LogP contribution is -2.23. The van der Waals surface area contributed by atoms with E-state index in [1.807, 2.05) is 49.4 Å². The minimum Gasteiger partial charge on any atom is -0.348 e. The lowest BCUT2D eigenvalue weighted by Gasteiger charge is -2.09. The van der Waals surface area contributed by atoms with Crippen LogP contribution in [0.5, 0.6) is 0 Å². The number of carbonyl (C=O) groups is 1. The zero-order valence-corrected chi connectivity index (χ0v) is 13.6. The molecule has 0 aromatic heterocycles.